The number of benzene rings is 1. The number of nitrogens with zero attached hydrogens (tertiary/aromatic N) is 5. The average molecular weight is 460 g/mol. The third-order valence-electron chi connectivity index (χ3n) is 5.78. The van der Waals surface area contributed by atoms with Gasteiger partial charge in [-0.25, -0.2) is 28.2 Å². The van der Waals surface area contributed by atoms with Gasteiger partial charge < -0.3 is 19.7 Å². The van der Waals surface area contributed by atoms with Gasteiger partial charge in [0.25, 0.3) is 0 Å². The van der Waals surface area contributed by atoms with Crippen molar-refractivity contribution in [3.8, 4) is 0 Å². The third kappa shape index (κ3) is 3.61. The topological polar surface area (TPSA) is 139 Å². The quantitative estimate of drug-likeness (QED) is 0.586. The van der Waals surface area contributed by atoms with Crippen LogP contribution in [0.4, 0.5) is 5.95 Å². The Morgan fingerprint density at radius 3 is 2.53 bits per heavy atom. The number of sulfone groups is 1. The van der Waals surface area contributed by atoms with E-state index in [1.807, 2.05) is 23.3 Å². The fraction of sp³-hybridized carbons (Fsp3) is 0.429. The van der Waals surface area contributed by atoms with Gasteiger partial charge in [-0.1, -0.05) is 13.8 Å². The normalized spacial score (nSPS) is 16.6. The van der Waals surface area contributed by atoms with Crippen LogP contribution in [0.15, 0.2) is 23.2 Å². The molecule has 0 amide bonds. The molecule has 0 aliphatic carbocycles. The van der Waals surface area contributed by atoms with Gasteiger partial charge in [-0.05, 0) is 30.5 Å². The first-order chi connectivity index (χ1) is 15.0. The van der Waals surface area contributed by atoms with E-state index in [1.54, 1.807) is 19.1 Å². The molecule has 3 heterocycles. The lowest BCUT2D eigenvalue weighted by atomic mass is 10.00. The number of imidazole rings is 1. The Balaban J connectivity index is 1.86. The maximum Gasteiger partial charge on any atom is 0.339 e. The Hall–Kier alpha value is -3.05. The van der Waals surface area contributed by atoms with E-state index in [0.717, 1.165) is 12.1 Å². The van der Waals surface area contributed by atoms with Crippen LogP contribution in [0.1, 0.15) is 47.3 Å². The molecule has 0 unspecified atom stereocenters. The van der Waals surface area contributed by atoms with Crippen molar-refractivity contribution in [2.75, 3.05) is 17.7 Å². The molecule has 170 valence electrons. The summed E-state index contributed by atoms with van der Waals surface area (Å²) >= 11 is 0. The van der Waals surface area contributed by atoms with Crippen LogP contribution in [0.3, 0.4) is 0 Å². The van der Waals surface area contributed by atoms with Gasteiger partial charge in [-0.2, -0.15) is 0 Å². The number of carbonyl (C=O) groups is 1. The lowest BCUT2D eigenvalue weighted by Crippen LogP contribution is -2.42. The van der Waals surface area contributed by atoms with Crippen molar-refractivity contribution in [3.63, 3.8) is 0 Å². The molecule has 1 aliphatic rings. The number of aromatic nitrogens is 4. The van der Waals surface area contributed by atoms with Gasteiger partial charge in [0.15, 0.2) is 9.84 Å². The van der Waals surface area contributed by atoms with Crippen molar-refractivity contribution in [2.24, 2.45) is 5.92 Å². The average Bonchev–Trinajstić information content (AvgIpc) is 3.08. The van der Waals surface area contributed by atoms with Gasteiger partial charge in [0.1, 0.15) is 5.82 Å². The number of aryl methyl sites for hydroxylation is 1. The van der Waals surface area contributed by atoms with Crippen molar-refractivity contribution < 1.29 is 23.4 Å². The SMILES string of the molecule is Cc1nc(N2CCn3c(nc4cc(CO)c(S(C)(=O)=O)cc43)[C@H]2C(C)C)ncc1C(=O)O. The Morgan fingerprint density at radius 2 is 1.97 bits per heavy atom. The summed E-state index contributed by atoms with van der Waals surface area (Å²) in [6, 6.07) is 3.01. The molecule has 0 bridgehead atoms. The second-order valence-electron chi connectivity index (χ2n) is 8.36. The molecule has 11 heteroatoms. The van der Waals surface area contributed by atoms with Crippen molar-refractivity contribution in [3.05, 3.63) is 41.0 Å². The van der Waals surface area contributed by atoms with Crippen molar-refractivity contribution in [1.29, 1.82) is 0 Å². The van der Waals surface area contributed by atoms with E-state index >= 15 is 0 Å². The molecule has 2 N–H and O–H groups in total. The van der Waals surface area contributed by atoms with Gasteiger partial charge in [0.2, 0.25) is 5.95 Å². The highest BCUT2D eigenvalue weighted by atomic mass is 32.2. The maximum absolute atomic E-state index is 12.3. The number of anilines is 1. The number of rotatable bonds is 5. The molecule has 10 nitrogen and oxygen atoms in total. The fourth-order valence-corrected chi connectivity index (χ4v) is 5.24. The molecule has 0 spiro atoms. The Kier molecular flexibility index (Phi) is 5.41. The van der Waals surface area contributed by atoms with Crippen LogP contribution in [0.5, 0.6) is 0 Å². The first-order valence-corrected chi connectivity index (χ1v) is 12.1. The van der Waals surface area contributed by atoms with Crippen molar-refractivity contribution in [2.45, 2.75) is 44.9 Å². The minimum Gasteiger partial charge on any atom is -0.478 e. The number of aromatic carboxylic acids is 1. The highest BCUT2D eigenvalue weighted by molar-refractivity contribution is 7.90. The second kappa shape index (κ2) is 7.82. The molecule has 3 aromatic rings. The monoisotopic (exact) mass is 459 g/mol. The standard InChI is InChI=1S/C21H25N5O5S/c1-11(2)18-19-24-15-7-13(10-27)17(32(4,30)31)8-16(15)25(19)5-6-26(18)21-22-9-14(20(28)29)12(3)23-21/h7-9,11,18,27H,5-6,10H2,1-4H3,(H,28,29)/t18-/m1/s1. The van der Waals surface area contributed by atoms with E-state index in [4.69, 9.17) is 4.98 Å². The molecule has 0 saturated heterocycles. The van der Waals surface area contributed by atoms with Crippen LogP contribution in [0.25, 0.3) is 11.0 Å². The minimum absolute atomic E-state index is 0.0592. The van der Waals surface area contributed by atoms with Gasteiger partial charge in [0, 0.05) is 25.5 Å². The molecule has 0 saturated carbocycles. The number of carboxylic acids is 1. The number of hydrogen-bond acceptors (Lipinski definition) is 8. The summed E-state index contributed by atoms with van der Waals surface area (Å²) in [4.78, 5) is 27.0. The van der Waals surface area contributed by atoms with Gasteiger partial charge in [0.05, 0.1) is 39.8 Å². The van der Waals surface area contributed by atoms with Crippen molar-refractivity contribution in [1.82, 2.24) is 19.5 Å². The summed E-state index contributed by atoms with van der Waals surface area (Å²) in [5.74, 6) is 0.216. The zero-order valence-electron chi connectivity index (χ0n) is 18.3. The summed E-state index contributed by atoms with van der Waals surface area (Å²) in [6.07, 6.45) is 2.45. The first kappa shape index (κ1) is 22.2. The van der Waals surface area contributed by atoms with Gasteiger partial charge in [-0.3, -0.25) is 0 Å². The third-order valence-corrected chi connectivity index (χ3v) is 6.96. The van der Waals surface area contributed by atoms with Crippen LogP contribution in [0, 0.1) is 12.8 Å². The minimum atomic E-state index is -3.52. The summed E-state index contributed by atoms with van der Waals surface area (Å²) in [5.41, 5.74) is 2.07. The van der Waals surface area contributed by atoms with Crippen LogP contribution >= 0.6 is 0 Å². The lowest BCUT2D eigenvalue weighted by molar-refractivity contribution is 0.0695. The molecule has 1 atom stereocenters. The lowest BCUT2D eigenvalue weighted by Gasteiger charge is -2.38. The van der Waals surface area contributed by atoms with E-state index in [0.29, 0.717) is 41.3 Å². The predicted molar refractivity (Wildman–Crippen MR) is 117 cm³/mol. The van der Waals surface area contributed by atoms with E-state index in [9.17, 15) is 23.4 Å². The smallest absolute Gasteiger partial charge is 0.339 e. The Morgan fingerprint density at radius 1 is 1.25 bits per heavy atom. The summed E-state index contributed by atoms with van der Waals surface area (Å²) in [5, 5.41) is 19.0. The number of aliphatic hydroxyl groups is 1. The van der Waals surface area contributed by atoms with Crippen LogP contribution in [-0.4, -0.2) is 56.9 Å². The zero-order valence-corrected chi connectivity index (χ0v) is 19.1. The molecule has 32 heavy (non-hydrogen) atoms. The molecule has 1 aromatic carbocycles. The Bertz CT molecular complexity index is 1330. The number of aliphatic hydroxyl groups excluding tert-OH is 1. The molecule has 2 aromatic heterocycles. The summed E-state index contributed by atoms with van der Waals surface area (Å²) in [7, 11) is -3.52. The number of fused-ring (bicyclic) bond motifs is 3. The molecular weight excluding hydrogens is 434 g/mol. The largest absolute Gasteiger partial charge is 0.478 e. The van der Waals surface area contributed by atoms with E-state index in [2.05, 4.69) is 9.97 Å². The van der Waals surface area contributed by atoms with E-state index < -0.39 is 22.4 Å². The highest BCUT2D eigenvalue weighted by Crippen LogP contribution is 2.37. The van der Waals surface area contributed by atoms with Crippen LogP contribution < -0.4 is 4.90 Å². The number of hydrogen-bond donors (Lipinski definition) is 2. The van der Waals surface area contributed by atoms with Gasteiger partial charge in [-0.15, -0.1) is 0 Å². The number of carboxylic acid groups (broad SMARTS) is 1. The molecule has 0 radical (unpaired) electrons. The fourth-order valence-electron chi connectivity index (χ4n) is 4.32. The molecular formula is C21H25N5O5S. The van der Waals surface area contributed by atoms with E-state index in [-0.39, 0.29) is 22.4 Å². The zero-order chi connectivity index (χ0) is 23.4. The van der Waals surface area contributed by atoms with Crippen LogP contribution in [0.2, 0.25) is 0 Å². The second-order valence-corrected chi connectivity index (χ2v) is 10.3. The summed E-state index contributed by atoms with van der Waals surface area (Å²) < 4.78 is 26.5. The molecule has 1 aliphatic heterocycles. The highest BCUT2D eigenvalue weighted by Gasteiger charge is 2.35. The predicted octanol–water partition coefficient (Wildman–Crippen LogP) is 1.95. The van der Waals surface area contributed by atoms with Crippen molar-refractivity contribution >= 4 is 32.8 Å². The summed E-state index contributed by atoms with van der Waals surface area (Å²) in [6.45, 7) is 6.41. The first-order valence-electron chi connectivity index (χ1n) is 10.2. The maximum atomic E-state index is 12.3. The molecule has 0 fully saturated rings. The van der Waals surface area contributed by atoms with Crippen LogP contribution in [-0.2, 0) is 23.0 Å². The van der Waals surface area contributed by atoms with Gasteiger partial charge >= 0.3 is 5.97 Å². The Labute approximate surface area is 185 Å². The van der Waals surface area contributed by atoms with E-state index in [1.165, 1.54) is 6.20 Å². The molecule has 4 rings (SSSR count).